The number of allylic oxidation sites excluding steroid dienone is 1. The lowest BCUT2D eigenvalue weighted by Crippen LogP contribution is -2.14. The number of thioether (sulfide) groups is 2. The summed E-state index contributed by atoms with van der Waals surface area (Å²) in [5, 5.41) is 21.9. The predicted octanol–water partition coefficient (Wildman–Crippen LogP) is 8.35. The van der Waals surface area contributed by atoms with Gasteiger partial charge in [0.1, 0.15) is 5.82 Å². The summed E-state index contributed by atoms with van der Waals surface area (Å²) in [6.45, 7) is 4.39. The highest BCUT2D eigenvalue weighted by Crippen LogP contribution is 2.27. The minimum Gasteiger partial charge on any atom is -0.325 e. The Morgan fingerprint density at radius 2 is 1.71 bits per heavy atom. The van der Waals surface area contributed by atoms with E-state index in [0.29, 0.717) is 44.6 Å². The second-order valence-corrected chi connectivity index (χ2v) is 10.7. The van der Waals surface area contributed by atoms with Gasteiger partial charge in [-0.05, 0) is 54.1 Å². The summed E-state index contributed by atoms with van der Waals surface area (Å²) in [5.41, 5.74) is 3.16. The van der Waals surface area contributed by atoms with Crippen LogP contribution in [0, 0.1) is 0 Å². The zero-order valence-corrected chi connectivity index (χ0v) is 23.4. The Morgan fingerprint density at radius 3 is 2.42 bits per heavy atom. The molecule has 194 valence electrons. The zero-order valence-electron chi connectivity index (χ0n) is 20.3. The number of carbonyl (C=O) groups is 1. The number of anilines is 1. The van der Waals surface area contributed by atoms with E-state index < -0.39 is 0 Å². The third kappa shape index (κ3) is 8.19. The lowest BCUT2D eigenvalue weighted by molar-refractivity contribution is -0.113. The van der Waals surface area contributed by atoms with Gasteiger partial charge in [0, 0.05) is 28.0 Å². The summed E-state index contributed by atoms with van der Waals surface area (Å²) in [6.07, 6.45) is 1.79. The summed E-state index contributed by atoms with van der Waals surface area (Å²) >= 11 is 15.3. The fourth-order valence-electron chi connectivity index (χ4n) is 3.28. The molecule has 0 unspecified atom stereocenters. The van der Waals surface area contributed by atoms with Crippen molar-refractivity contribution >= 4 is 69.7 Å². The van der Waals surface area contributed by atoms with Crippen molar-refractivity contribution in [1.29, 1.82) is 0 Å². The van der Waals surface area contributed by atoms with Gasteiger partial charge in [-0.1, -0.05) is 65.3 Å². The van der Waals surface area contributed by atoms with Gasteiger partial charge >= 0.3 is 0 Å². The number of azo groups is 1. The Labute approximate surface area is 239 Å². The standard InChI is InChI=1S/C27H24Cl2N6OS2/c1-2-14-35-25(17-37-16-19-8-9-20(28)15-24(19)29)33-34-27(35)38-18-26(36)30-21-10-12-23(13-11-21)32-31-22-6-4-3-5-7-22/h2-13,15H,1,14,16-18H2,(H,30,36). The number of benzene rings is 3. The molecule has 1 amide bonds. The van der Waals surface area contributed by atoms with Gasteiger partial charge < -0.3 is 9.88 Å². The van der Waals surface area contributed by atoms with Gasteiger partial charge in [0.2, 0.25) is 5.91 Å². The van der Waals surface area contributed by atoms with Crippen LogP contribution in [0.1, 0.15) is 11.4 Å². The normalized spacial score (nSPS) is 11.1. The molecule has 0 radical (unpaired) electrons. The first-order valence-corrected chi connectivity index (χ1v) is 14.5. The number of aromatic nitrogens is 3. The lowest BCUT2D eigenvalue weighted by Gasteiger charge is -2.09. The van der Waals surface area contributed by atoms with Gasteiger partial charge in [-0.3, -0.25) is 4.79 Å². The van der Waals surface area contributed by atoms with Crippen LogP contribution in [0.25, 0.3) is 0 Å². The number of hydrogen-bond acceptors (Lipinski definition) is 7. The van der Waals surface area contributed by atoms with Crippen LogP contribution in [0.15, 0.2) is 101 Å². The van der Waals surface area contributed by atoms with Crippen molar-refractivity contribution in [1.82, 2.24) is 14.8 Å². The molecule has 0 fully saturated rings. The number of hydrogen-bond donors (Lipinski definition) is 1. The Balaban J connectivity index is 1.28. The first-order valence-electron chi connectivity index (χ1n) is 11.6. The highest BCUT2D eigenvalue weighted by atomic mass is 35.5. The molecule has 3 aromatic carbocycles. The summed E-state index contributed by atoms with van der Waals surface area (Å²) < 4.78 is 1.97. The topological polar surface area (TPSA) is 84.5 Å². The molecular formula is C27H24Cl2N6OS2. The fraction of sp³-hybridized carbons (Fsp3) is 0.148. The van der Waals surface area contributed by atoms with Crippen LogP contribution in [0.4, 0.5) is 17.1 Å². The van der Waals surface area contributed by atoms with E-state index in [1.807, 2.05) is 47.0 Å². The molecule has 0 bridgehead atoms. The van der Waals surface area contributed by atoms with Gasteiger partial charge in [-0.15, -0.1) is 28.5 Å². The number of nitrogens with zero attached hydrogens (tertiary/aromatic N) is 5. The molecule has 0 atom stereocenters. The van der Waals surface area contributed by atoms with E-state index >= 15 is 0 Å². The summed E-state index contributed by atoms with van der Waals surface area (Å²) in [6, 6.07) is 22.2. The first kappa shape index (κ1) is 27.9. The quantitative estimate of drug-likeness (QED) is 0.103. The summed E-state index contributed by atoms with van der Waals surface area (Å²) in [5.74, 6) is 2.21. The molecule has 0 aliphatic carbocycles. The largest absolute Gasteiger partial charge is 0.325 e. The van der Waals surface area contributed by atoms with Gasteiger partial charge in [0.15, 0.2) is 5.16 Å². The molecule has 1 N–H and O–H groups in total. The molecule has 7 nitrogen and oxygen atoms in total. The van der Waals surface area contributed by atoms with Gasteiger partial charge in [0.05, 0.1) is 22.9 Å². The Kier molecular flexibility index (Phi) is 10.4. The third-order valence-electron chi connectivity index (χ3n) is 5.13. The van der Waals surface area contributed by atoms with Crippen LogP contribution in [-0.2, 0) is 22.8 Å². The summed E-state index contributed by atoms with van der Waals surface area (Å²) in [7, 11) is 0. The molecule has 4 aromatic rings. The number of nitrogens with one attached hydrogen (secondary N) is 1. The minimum atomic E-state index is -0.143. The van der Waals surface area contributed by atoms with Crippen molar-refractivity contribution in [3.8, 4) is 0 Å². The van der Waals surface area contributed by atoms with E-state index in [1.165, 1.54) is 11.8 Å². The van der Waals surface area contributed by atoms with Gasteiger partial charge in [0.25, 0.3) is 0 Å². The highest BCUT2D eigenvalue weighted by molar-refractivity contribution is 7.99. The zero-order chi connectivity index (χ0) is 26.7. The van der Waals surface area contributed by atoms with E-state index in [0.717, 1.165) is 17.1 Å². The second kappa shape index (κ2) is 14.2. The maximum absolute atomic E-state index is 12.6. The molecular weight excluding hydrogens is 559 g/mol. The Hall–Kier alpha value is -3.11. The monoisotopic (exact) mass is 582 g/mol. The average Bonchev–Trinajstić information content (AvgIpc) is 3.30. The van der Waals surface area contributed by atoms with E-state index in [-0.39, 0.29) is 11.7 Å². The predicted molar refractivity (Wildman–Crippen MR) is 158 cm³/mol. The molecule has 0 aliphatic heterocycles. The molecule has 11 heteroatoms. The van der Waals surface area contributed by atoms with Crippen LogP contribution in [0.2, 0.25) is 10.0 Å². The van der Waals surface area contributed by atoms with Crippen LogP contribution in [0.3, 0.4) is 0 Å². The van der Waals surface area contributed by atoms with Gasteiger partial charge in [-0.25, -0.2) is 0 Å². The Morgan fingerprint density at radius 1 is 0.974 bits per heavy atom. The van der Waals surface area contributed by atoms with Crippen LogP contribution >= 0.6 is 46.7 Å². The van der Waals surface area contributed by atoms with Crippen LogP contribution in [0.5, 0.6) is 0 Å². The molecule has 0 spiro atoms. The van der Waals surface area contributed by atoms with E-state index in [9.17, 15) is 4.79 Å². The number of carbonyl (C=O) groups excluding carboxylic acids is 1. The van der Waals surface area contributed by atoms with E-state index in [2.05, 4.69) is 32.3 Å². The number of rotatable bonds is 12. The molecule has 38 heavy (non-hydrogen) atoms. The molecule has 1 aromatic heterocycles. The molecule has 4 rings (SSSR count). The average molecular weight is 584 g/mol. The molecule has 0 saturated heterocycles. The SMILES string of the molecule is C=CCn1c(CSCc2ccc(Cl)cc2Cl)nnc1SCC(=O)Nc1ccc(N=Nc2ccccc2)cc1. The van der Waals surface area contributed by atoms with Crippen LogP contribution < -0.4 is 5.32 Å². The lowest BCUT2D eigenvalue weighted by atomic mass is 10.2. The minimum absolute atomic E-state index is 0.143. The first-order chi connectivity index (χ1) is 18.5. The van der Waals surface area contributed by atoms with Crippen molar-refractivity contribution in [3.63, 3.8) is 0 Å². The molecule has 0 saturated carbocycles. The Bertz CT molecular complexity index is 1410. The van der Waals surface area contributed by atoms with Crippen molar-refractivity contribution in [2.45, 2.75) is 23.2 Å². The van der Waals surface area contributed by atoms with E-state index in [4.69, 9.17) is 23.2 Å². The van der Waals surface area contributed by atoms with E-state index in [1.54, 1.807) is 48.2 Å². The number of amides is 1. The number of halogens is 2. The fourth-order valence-corrected chi connectivity index (χ4v) is 5.58. The highest BCUT2D eigenvalue weighted by Gasteiger charge is 2.14. The molecule has 1 heterocycles. The van der Waals surface area contributed by atoms with Crippen molar-refractivity contribution in [2.75, 3.05) is 11.1 Å². The van der Waals surface area contributed by atoms with Gasteiger partial charge in [-0.2, -0.15) is 10.2 Å². The maximum Gasteiger partial charge on any atom is 0.234 e. The van der Waals surface area contributed by atoms with Crippen molar-refractivity contribution in [3.05, 3.63) is 107 Å². The van der Waals surface area contributed by atoms with Crippen molar-refractivity contribution in [2.24, 2.45) is 10.2 Å². The van der Waals surface area contributed by atoms with Crippen molar-refractivity contribution < 1.29 is 4.79 Å². The van der Waals surface area contributed by atoms with Crippen LogP contribution in [-0.4, -0.2) is 26.4 Å². The molecule has 0 aliphatic rings. The second-order valence-electron chi connectivity index (χ2n) is 7.95. The summed E-state index contributed by atoms with van der Waals surface area (Å²) in [4.78, 5) is 12.6. The maximum atomic E-state index is 12.6. The smallest absolute Gasteiger partial charge is 0.234 e. The third-order valence-corrected chi connectivity index (χ3v) is 7.66.